The molecule has 0 aliphatic carbocycles. The Labute approximate surface area is 117 Å². The van der Waals surface area contributed by atoms with Crippen molar-refractivity contribution in [3.8, 4) is 5.75 Å². The maximum absolute atomic E-state index is 9.18. The van der Waals surface area contributed by atoms with E-state index in [0.29, 0.717) is 19.1 Å². The summed E-state index contributed by atoms with van der Waals surface area (Å²) >= 11 is 3.52. The van der Waals surface area contributed by atoms with Gasteiger partial charge in [-0.15, -0.1) is 0 Å². The van der Waals surface area contributed by atoms with Crippen molar-refractivity contribution in [2.45, 2.75) is 26.2 Å². The lowest BCUT2D eigenvalue weighted by molar-refractivity contribution is 0.217. The summed E-state index contributed by atoms with van der Waals surface area (Å²) in [7, 11) is 0. The summed E-state index contributed by atoms with van der Waals surface area (Å²) in [5, 5.41) is 9.18. The number of benzene rings is 1. The molecular formula is C14H22BrNO2. The Morgan fingerprint density at radius 2 is 2.17 bits per heavy atom. The molecule has 1 aromatic carbocycles. The summed E-state index contributed by atoms with van der Waals surface area (Å²) in [6.45, 7) is 5.46. The standard InChI is InChI=1S/C14H22BrNO2/c1-3-18-14-5-4-12(7-13(14)15)10(2)6-11(8-16)9-17/h4-5,7,10-11,17H,3,6,8-9,16H2,1-2H3. The average Bonchev–Trinajstić information content (AvgIpc) is 2.38. The van der Waals surface area contributed by atoms with Gasteiger partial charge in [0.2, 0.25) is 0 Å². The molecule has 0 spiro atoms. The van der Waals surface area contributed by atoms with E-state index in [0.717, 1.165) is 16.6 Å². The fraction of sp³-hybridized carbons (Fsp3) is 0.571. The molecule has 0 saturated carbocycles. The minimum Gasteiger partial charge on any atom is -0.493 e. The number of aliphatic hydroxyl groups excluding tert-OH is 1. The molecule has 1 rings (SSSR count). The summed E-state index contributed by atoms with van der Waals surface area (Å²) in [5.41, 5.74) is 6.85. The molecule has 0 radical (unpaired) electrons. The first-order valence-corrected chi connectivity index (χ1v) is 7.14. The molecule has 1 aromatic rings. The van der Waals surface area contributed by atoms with Gasteiger partial charge in [-0.05, 0) is 65.4 Å². The van der Waals surface area contributed by atoms with Crippen LogP contribution in [-0.4, -0.2) is 24.9 Å². The van der Waals surface area contributed by atoms with Gasteiger partial charge in [-0.1, -0.05) is 13.0 Å². The Morgan fingerprint density at radius 3 is 2.67 bits per heavy atom. The summed E-state index contributed by atoms with van der Waals surface area (Å²) in [4.78, 5) is 0. The van der Waals surface area contributed by atoms with E-state index in [2.05, 4.69) is 35.0 Å². The second-order valence-corrected chi connectivity index (χ2v) is 5.40. The lowest BCUT2D eigenvalue weighted by atomic mass is 9.90. The van der Waals surface area contributed by atoms with Gasteiger partial charge in [-0.2, -0.15) is 0 Å². The van der Waals surface area contributed by atoms with Crippen molar-refractivity contribution in [2.75, 3.05) is 19.8 Å². The van der Waals surface area contributed by atoms with Crippen molar-refractivity contribution in [3.05, 3.63) is 28.2 Å². The topological polar surface area (TPSA) is 55.5 Å². The second kappa shape index (κ2) is 7.77. The van der Waals surface area contributed by atoms with E-state index in [-0.39, 0.29) is 12.5 Å². The first kappa shape index (κ1) is 15.5. The van der Waals surface area contributed by atoms with E-state index in [1.165, 1.54) is 5.56 Å². The summed E-state index contributed by atoms with van der Waals surface area (Å²) in [5.74, 6) is 1.41. The van der Waals surface area contributed by atoms with Gasteiger partial charge in [-0.25, -0.2) is 0 Å². The van der Waals surface area contributed by atoms with Crippen LogP contribution in [0.5, 0.6) is 5.75 Å². The van der Waals surface area contributed by atoms with Gasteiger partial charge in [0.05, 0.1) is 11.1 Å². The van der Waals surface area contributed by atoms with Crippen LogP contribution in [0.2, 0.25) is 0 Å². The van der Waals surface area contributed by atoms with Gasteiger partial charge in [0.1, 0.15) is 5.75 Å². The van der Waals surface area contributed by atoms with Crippen LogP contribution in [-0.2, 0) is 0 Å². The van der Waals surface area contributed by atoms with Gasteiger partial charge in [-0.3, -0.25) is 0 Å². The highest BCUT2D eigenvalue weighted by Crippen LogP contribution is 2.31. The number of ether oxygens (including phenoxy) is 1. The number of hydrogen-bond donors (Lipinski definition) is 2. The second-order valence-electron chi connectivity index (χ2n) is 4.54. The molecule has 0 saturated heterocycles. The van der Waals surface area contributed by atoms with Crippen molar-refractivity contribution in [3.63, 3.8) is 0 Å². The fourth-order valence-electron chi connectivity index (χ4n) is 1.98. The fourth-order valence-corrected chi connectivity index (χ4v) is 2.49. The van der Waals surface area contributed by atoms with Gasteiger partial charge >= 0.3 is 0 Å². The molecule has 18 heavy (non-hydrogen) atoms. The molecule has 0 heterocycles. The smallest absolute Gasteiger partial charge is 0.133 e. The molecule has 0 fully saturated rings. The molecule has 102 valence electrons. The van der Waals surface area contributed by atoms with Crippen LogP contribution in [0.4, 0.5) is 0 Å². The lowest BCUT2D eigenvalue weighted by Crippen LogP contribution is -2.20. The first-order chi connectivity index (χ1) is 8.62. The molecule has 2 unspecified atom stereocenters. The monoisotopic (exact) mass is 315 g/mol. The number of nitrogens with two attached hydrogens (primary N) is 1. The van der Waals surface area contributed by atoms with Gasteiger partial charge in [0, 0.05) is 6.61 Å². The van der Waals surface area contributed by atoms with E-state index in [1.807, 2.05) is 13.0 Å². The molecule has 3 N–H and O–H groups in total. The van der Waals surface area contributed by atoms with Crippen molar-refractivity contribution in [1.82, 2.24) is 0 Å². The van der Waals surface area contributed by atoms with Crippen LogP contribution in [0.25, 0.3) is 0 Å². The number of hydrogen-bond acceptors (Lipinski definition) is 3. The predicted octanol–water partition coefficient (Wildman–Crippen LogP) is 2.91. The van der Waals surface area contributed by atoms with Crippen LogP contribution in [0.3, 0.4) is 0 Å². The molecule has 4 heteroatoms. The van der Waals surface area contributed by atoms with Crippen LogP contribution >= 0.6 is 15.9 Å². The Kier molecular flexibility index (Phi) is 6.68. The molecule has 0 aliphatic heterocycles. The summed E-state index contributed by atoms with van der Waals surface area (Å²) < 4.78 is 6.46. The minimum atomic E-state index is 0.152. The van der Waals surface area contributed by atoms with Crippen LogP contribution < -0.4 is 10.5 Å². The normalized spacial score (nSPS) is 14.3. The third kappa shape index (κ3) is 4.26. The highest BCUT2D eigenvalue weighted by molar-refractivity contribution is 9.10. The highest BCUT2D eigenvalue weighted by atomic mass is 79.9. The molecule has 0 aliphatic rings. The predicted molar refractivity (Wildman–Crippen MR) is 78.0 cm³/mol. The molecule has 0 bridgehead atoms. The van der Waals surface area contributed by atoms with Crippen molar-refractivity contribution >= 4 is 15.9 Å². The van der Waals surface area contributed by atoms with E-state index in [9.17, 15) is 5.11 Å². The average molecular weight is 316 g/mol. The van der Waals surface area contributed by atoms with E-state index < -0.39 is 0 Å². The largest absolute Gasteiger partial charge is 0.493 e. The highest BCUT2D eigenvalue weighted by Gasteiger charge is 2.14. The Bertz CT molecular complexity index is 367. The van der Waals surface area contributed by atoms with Gasteiger partial charge in [0.15, 0.2) is 0 Å². The van der Waals surface area contributed by atoms with Crippen molar-refractivity contribution in [1.29, 1.82) is 0 Å². The molecule has 0 aromatic heterocycles. The molecule has 3 nitrogen and oxygen atoms in total. The Hall–Kier alpha value is -0.580. The van der Waals surface area contributed by atoms with Crippen LogP contribution in [0, 0.1) is 5.92 Å². The van der Waals surface area contributed by atoms with E-state index in [1.54, 1.807) is 0 Å². The maximum Gasteiger partial charge on any atom is 0.133 e. The number of rotatable bonds is 7. The summed E-state index contributed by atoms with van der Waals surface area (Å²) in [6.07, 6.45) is 0.896. The third-order valence-electron chi connectivity index (χ3n) is 3.10. The zero-order valence-electron chi connectivity index (χ0n) is 11.0. The zero-order chi connectivity index (χ0) is 13.5. The number of aliphatic hydroxyl groups is 1. The van der Waals surface area contributed by atoms with Gasteiger partial charge in [0.25, 0.3) is 0 Å². The van der Waals surface area contributed by atoms with E-state index >= 15 is 0 Å². The van der Waals surface area contributed by atoms with Crippen molar-refractivity contribution < 1.29 is 9.84 Å². The van der Waals surface area contributed by atoms with E-state index in [4.69, 9.17) is 10.5 Å². The minimum absolute atomic E-state index is 0.152. The Morgan fingerprint density at radius 1 is 1.44 bits per heavy atom. The number of halogens is 1. The quantitative estimate of drug-likeness (QED) is 0.813. The molecule has 2 atom stereocenters. The summed E-state index contributed by atoms with van der Waals surface area (Å²) in [6, 6.07) is 6.14. The van der Waals surface area contributed by atoms with Crippen molar-refractivity contribution in [2.24, 2.45) is 11.7 Å². The molecule has 0 amide bonds. The third-order valence-corrected chi connectivity index (χ3v) is 3.72. The zero-order valence-corrected chi connectivity index (χ0v) is 12.6. The SMILES string of the molecule is CCOc1ccc(C(C)CC(CN)CO)cc1Br. The van der Waals surface area contributed by atoms with Crippen LogP contribution in [0.15, 0.2) is 22.7 Å². The molecular weight excluding hydrogens is 294 g/mol. The lowest BCUT2D eigenvalue weighted by Gasteiger charge is -2.18. The Balaban J connectivity index is 2.74. The van der Waals surface area contributed by atoms with Gasteiger partial charge < -0.3 is 15.6 Å². The maximum atomic E-state index is 9.18. The van der Waals surface area contributed by atoms with Crippen LogP contribution in [0.1, 0.15) is 31.7 Å². The first-order valence-electron chi connectivity index (χ1n) is 6.35.